The van der Waals surface area contributed by atoms with Crippen molar-refractivity contribution in [2.75, 3.05) is 11.4 Å². The third-order valence-corrected chi connectivity index (χ3v) is 4.91. The molecule has 0 amide bonds. The standard InChI is InChI=1S/C18H14N2O2/c21-18(22)12-3-4-15-14(10-12)13-6-8-19-7-1-2-11-5-9-20(15)17(13)16(11)19/h1-5,7,9-10,13H,6,8H2,(H,21,22). The summed E-state index contributed by atoms with van der Waals surface area (Å²) >= 11 is 0. The number of allylic oxidation sites excluding steroid dienone is 4. The van der Waals surface area contributed by atoms with Crippen molar-refractivity contribution in [1.29, 1.82) is 0 Å². The summed E-state index contributed by atoms with van der Waals surface area (Å²) in [5.41, 5.74) is 6.43. The number of benzene rings is 1. The second kappa shape index (κ2) is 3.91. The minimum Gasteiger partial charge on any atom is -0.478 e. The van der Waals surface area contributed by atoms with E-state index in [9.17, 15) is 9.90 Å². The summed E-state index contributed by atoms with van der Waals surface area (Å²) in [6, 6.07) is 5.48. The van der Waals surface area contributed by atoms with Crippen LogP contribution in [0.2, 0.25) is 0 Å². The number of fused-ring (bicyclic) bond motifs is 3. The quantitative estimate of drug-likeness (QED) is 0.862. The maximum absolute atomic E-state index is 11.3. The lowest BCUT2D eigenvalue weighted by molar-refractivity contribution is 0.0697. The molecule has 4 heterocycles. The second-order valence-electron chi connectivity index (χ2n) is 6.00. The summed E-state index contributed by atoms with van der Waals surface area (Å²) < 4.78 is 0. The molecule has 1 aromatic carbocycles. The molecule has 4 nitrogen and oxygen atoms in total. The normalized spacial score (nSPS) is 23.5. The van der Waals surface area contributed by atoms with Gasteiger partial charge in [0.1, 0.15) is 0 Å². The highest BCUT2D eigenvalue weighted by Gasteiger charge is 2.41. The zero-order valence-corrected chi connectivity index (χ0v) is 11.9. The van der Waals surface area contributed by atoms with Crippen molar-refractivity contribution >= 4 is 11.7 Å². The van der Waals surface area contributed by atoms with Gasteiger partial charge in [-0.2, -0.15) is 0 Å². The first-order valence-corrected chi connectivity index (χ1v) is 7.48. The Morgan fingerprint density at radius 1 is 1.27 bits per heavy atom. The minimum atomic E-state index is -0.862. The van der Waals surface area contributed by atoms with E-state index in [0.29, 0.717) is 11.5 Å². The number of carboxylic acids is 1. The average Bonchev–Trinajstić information content (AvgIpc) is 2.87. The van der Waals surface area contributed by atoms with E-state index in [2.05, 4.69) is 40.4 Å². The Bertz CT molecular complexity index is 845. The predicted octanol–water partition coefficient (Wildman–Crippen LogP) is 3.19. The van der Waals surface area contributed by atoms with Gasteiger partial charge in [0.15, 0.2) is 0 Å². The van der Waals surface area contributed by atoms with Gasteiger partial charge in [-0.05, 0) is 42.3 Å². The Morgan fingerprint density at radius 3 is 3.05 bits per heavy atom. The molecule has 4 aliphatic rings. The topological polar surface area (TPSA) is 43.8 Å². The first-order valence-electron chi connectivity index (χ1n) is 7.48. The van der Waals surface area contributed by atoms with Crippen LogP contribution in [-0.2, 0) is 0 Å². The molecule has 1 N–H and O–H groups in total. The van der Waals surface area contributed by atoms with Gasteiger partial charge >= 0.3 is 5.97 Å². The smallest absolute Gasteiger partial charge is 0.335 e. The third kappa shape index (κ3) is 1.34. The molecule has 0 bridgehead atoms. The fraction of sp³-hybridized carbons (Fsp3) is 0.167. The van der Waals surface area contributed by atoms with Crippen molar-refractivity contribution in [3.63, 3.8) is 0 Å². The van der Waals surface area contributed by atoms with Gasteiger partial charge in [-0.25, -0.2) is 4.79 Å². The van der Waals surface area contributed by atoms with E-state index in [-0.39, 0.29) is 0 Å². The van der Waals surface area contributed by atoms with Crippen molar-refractivity contribution in [2.24, 2.45) is 0 Å². The van der Waals surface area contributed by atoms with Crippen LogP contribution in [0, 0.1) is 0 Å². The van der Waals surface area contributed by atoms with E-state index in [1.807, 2.05) is 12.1 Å². The van der Waals surface area contributed by atoms with Crippen LogP contribution in [0.1, 0.15) is 28.3 Å². The Kier molecular flexibility index (Phi) is 2.11. The lowest BCUT2D eigenvalue weighted by Crippen LogP contribution is -2.34. The summed E-state index contributed by atoms with van der Waals surface area (Å²) in [4.78, 5) is 15.8. The Labute approximate surface area is 128 Å². The maximum Gasteiger partial charge on any atom is 0.335 e. The van der Waals surface area contributed by atoms with E-state index >= 15 is 0 Å². The molecule has 0 aliphatic carbocycles. The van der Waals surface area contributed by atoms with E-state index in [4.69, 9.17) is 0 Å². The highest BCUT2D eigenvalue weighted by Crippen LogP contribution is 2.52. The lowest BCUT2D eigenvalue weighted by atomic mass is 9.87. The van der Waals surface area contributed by atoms with Gasteiger partial charge in [0.05, 0.1) is 17.0 Å². The number of rotatable bonds is 1. The number of hydrogen-bond donors (Lipinski definition) is 1. The molecule has 5 rings (SSSR count). The monoisotopic (exact) mass is 290 g/mol. The fourth-order valence-corrected chi connectivity index (χ4v) is 3.97. The highest BCUT2D eigenvalue weighted by atomic mass is 16.4. The molecule has 0 aromatic heterocycles. The Morgan fingerprint density at radius 2 is 2.18 bits per heavy atom. The number of nitrogens with zero attached hydrogens (tertiary/aromatic N) is 2. The lowest BCUT2D eigenvalue weighted by Gasteiger charge is -2.39. The molecule has 108 valence electrons. The summed E-state index contributed by atoms with van der Waals surface area (Å²) in [5.74, 6) is -0.570. The van der Waals surface area contributed by atoms with Crippen LogP contribution in [-0.4, -0.2) is 22.5 Å². The van der Waals surface area contributed by atoms with Gasteiger partial charge in [0.25, 0.3) is 0 Å². The number of aromatic carboxylic acids is 1. The summed E-state index contributed by atoms with van der Waals surface area (Å²) in [7, 11) is 0. The molecular weight excluding hydrogens is 276 g/mol. The maximum atomic E-state index is 11.3. The van der Waals surface area contributed by atoms with Crippen molar-refractivity contribution in [1.82, 2.24) is 4.90 Å². The van der Waals surface area contributed by atoms with Gasteiger partial charge in [-0.3, -0.25) is 0 Å². The largest absolute Gasteiger partial charge is 0.478 e. The van der Waals surface area contributed by atoms with E-state index in [1.165, 1.54) is 17.0 Å². The van der Waals surface area contributed by atoms with Crippen LogP contribution >= 0.6 is 0 Å². The van der Waals surface area contributed by atoms with Crippen LogP contribution in [0.4, 0.5) is 5.69 Å². The minimum absolute atomic E-state index is 0.292. The molecule has 0 fully saturated rings. The van der Waals surface area contributed by atoms with Crippen molar-refractivity contribution in [2.45, 2.75) is 12.3 Å². The molecule has 22 heavy (non-hydrogen) atoms. The van der Waals surface area contributed by atoms with Gasteiger partial charge in [-0.1, -0.05) is 6.08 Å². The van der Waals surface area contributed by atoms with Gasteiger partial charge in [0, 0.05) is 36.1 Å². The van der Waals surface area contributed by atoms with Crippen LogP contribution in [0.5, 0.6) is 0 Å². The van der Waals surface area contributed by atoms with Gasteiger partial charge < -0.3 is 14.9 Å². The first kappa shape index (κ1) is 11.9. The summed E-state index contributed by atoms with van der Waals surface area (Å²) in [6.45, 7) is 0.968. The first-order chi connectivity index (χ1) is 10.7. The number of hydrogen-bond acceptors (Lipinski definition) is 3. The van der Waals surface area contributed by atoms with Crippen molar-refractivity contribution in [3.05, 3.63) is 76.9 Å². The molecule has 0 spiro atoms. The number of carboxylic acid groups (broad SMARTS) is 1. The molecule has 0 radical (unpaired) electrons. The number of carbonyl (C=O) groups is 1. The van der Waals surface area contributed by atoms with Gasteiger partial charge in [-0.15, -0.1) is 0 Å². The molecule has 0 saturated heterocycles. The third-order valence-electron chi connectivity index (χ3n) is 4.91. The highest BCUT2D eigenvalue weighted by molar-refractivity contribution is 5.90. The predicted molar refractivity (Wildman–Crippen MR) is 83.3 cm³/mol. The average molecular weight is 290 g/mol. The second-order valence-corrected chi connectivity index (χ2v) is 6.00. The molecule has 4 heteroatoms. The molecule has 1 unspecified atom stereocenters. The van der Waals surface area contributed by atoms with Crippen LogP contribution in [0.25, 0.3) is 0 Å². The fourth-order valence-electron chi connectivity index (χ4n) is 3.97. The van der Waals surface area contributed by atoms with Crippen LogP contribution in [0.3, 0.4) is 0 Å². The zero-order valence-electron chi connectivity index (χ0n) is 11.9. The van der Waals surface area contributed by atoms with Crippen molar-refractivity contribution < 1.29 is 9.90 Å². The SMILES string of the molecule is O=C(O)c1ccc2c(c1)C1CCN3C=CC=C4C=CN2C1=C43. The molecule has 4 aliphatic heterocycles. The van der Waals surface area contributed by atoms with E-state index < -0.39 is 5.97 Å². The molecule has 0 saturated carbocycles. The van der Waals surface area contributed by atoms with E-state index in [1.54, 1.807) is 6.07 Å². The Balaban J connectivity index is 1.76. The molecule has 1 aromatic rings. The summed E-state index contributed by atoms with van der Waals surface area (Å²) in [5, 5.41) is 9.26. The van der Waals surface area contributed by atoms with Crippen LogP contribution in [0.15, 0.2) is 65.8 Å². The van der Waals surface area contributed by atoms with Crippen molar-refractivity contribution in [3.8, 4) is 0 Å². The summed E-state index contributed by atoms with van der Waals surface area (Å²) in [6.07, 6.45) is 11.6. The van der Waals surface area contributed by atoms with Gasteiger partial charge in [0.2, 0.25) is 0 Å². The Hall–Kier alpha value is -2.75. The van der Waals surface area contributed by atoms with E-state index in [0.717, 1.165) is 24.2 Å². The zero-order chi connectivity index (χ0) is 14.8. The van der Waals surface area contributed by atoms with Crippen LogP contribution < -0.4 is 4.90 Å². The molecular formula is C18H14N2O2. The molecule has 1 atom stereocenters. The number of anilines is 1.